The minimum atomic E-state index is -0.590. The zero-order chi connectivity index (χ0) is 17.3. The van der Waals surface area contributed by atoms with Crippen LogP contribution in [0.15, 0.2) is 36.4 Å². The van der Waals surface area contributed by atoms with Gasteiger partial charge in [-0.15, -0.1) is 0 Å². The molecule has 1 saturated carbocycles. The van der Waals surface area contributed by atoms with Crippen molar-refractivity contribution in [2.24, 2.45) is 11.3 Å². The summed E-state index contributed by atoms with van der Waals surface area (Å²) in [6.45, 7) is 4.15. The summed E-state index contributed by atoms with van der Waals surface area (Å²) < 4.78 is 0. The third kappa shape index (κ3) is 3.25. The smallest absolute Gasteiger partial charge is 0.312 e. The highest BCUT2D eigenvalue weighted by molar-refractivity contribution is 5.77. The number of rotatable bonds is 5. The second-order valence-corrected chi connectivity index (χ2v) is 8.03. The molecular formula is C21H28N2O2. The lowest BCUT2D eigenvalue weighted by molar-refractivity contribution is -0.149. The van der Waals surface area contributed by atoms with Gasteiger partial charge < -0.3 is 5.11 Å². The molecule has 4 nitrogen and oxygen atoms in total. The van der Waals surface area contributed by atoms with Crippen LogP contribution in [0.2, 0.25) is 0 Å². The van der Waals surface area contributed by atoms with Crippen LogP contribution in [-0.4, -0.2) is 59.6 Å². The van der Waals surface area contributed by atoms with Gasteiger partial charge in [-0.2, -0.15) is 0 Å². The van der Waals surface area contributed by atoms with E-state index in [1.807, 2.05) is 18.2 Å². The van der Waals surface area contributed by atoms with Crippen molar-refractivity contribution in [3.05, 3.63) is 42.0 Å². The van der Waals surface area contributed by atoms with E-state index >= 15 is 0 Å². The van der Waals surface area contributed by atoms with Crippen molar-refractivity contribution in [1.82, 2.24) is 9.80 Å². The van der Waals surface area contributed by atoms with Crippen LogP contribution in [0.4, 0.5) is 0 Å². The molecule has 2 saturated heterocycles. The van der Waals surface area contributed by atoms with E-state index in [4.69, 9.17) is 0 Å². The molecule has 3 fully saturated rings. The van der Waals surface area contributed by atoms with Crippen LogP contribution in [0.3, 0.4) is 0 Å². The fraction of sp³-hybridized carbons (Fsp3) is 0.571. The Labute approximate surface area is 150 Å². The van der Waals surface area contributed by atoms with Crippen molar-refractivity contribution in [2.75, 3.05) is 32.7 Å². The van der Waals surface area contributed by atoms with Crippen LogP contribution in [-0.2, 0) is 4.79 Å². The monoisotopic (exact) mass is 340 g/mol. The van der Waals surface area contributed by atoms with Crippen molar-refractivity contribution in [1.29, 1.82) is 0 Å². The number of carboxylic acids is 1. The first-order valence-corrected chi connectivity index (χ1v) is 9.59. The molecule has 2 atom stereocenters. The first-order chi connectivity index (χ1) is 12.2. The summed E-state index contributed by atoms with van der Waals surface area (Å²) >= 11 is 0. The number of hydrogen-bond acceptors (Lipinski definition) is 3. The highest BCUT2D eigenvalue weighted by Gasteiger charge is 2.58. The first-order valence-electron chi connectivity index (χ1n) is 9.59. The third-order valence-corrected chi connectivity index (χ3v) is 6.45. The van der Waals surface area contributed by atoms with Gasteiger partial charge >= 0.3 is 5.97 Å². The van der Waals surface area contributed by atoms with Gasteiger partial charge in [-0.3, -0.25) is 14.6 Å². The Morgan fingerprint density at radius 2 is 1.92 bits per heavy atom. The molecule has 0 bridgehead atoms. The molecule has 0 unspecified atom stereocenters. The minimum Gasteiger partial charge on any atom is -0.481 e. The Bertz CT molecular complexity index is 639. The normalized spacial score (nSPS) is 31.1. The number of carboxylic acid groups (broad SMARTS) is 1. The number of likely N-dealkylation sites (tertiary alicyclic amines) is 2. The molecule has 0 spiro atoms. The summed E-state index contributed by atoms with van der Waals surface area (Å²) in [7, 11) is 0. The Balaban J connectivity index is 1.39. The maximum atomic E-state index is 12.1. The molecular weight excluding hydrogens is 312 g/mol. The van der Waals surface area contributed by atoms with E-state index in [9.17, 15) is 9.90 Å². The summed E-state index contributed by atoms with van der Waals surface area (Å²) in [5.41, 5.74) is 0.644. The van der Waals surface area contributed by atoms with Gasteiger partial charge in [0.15, 0.2) is 0 Å². The molecule has 0 radical (unpaired) electrons. The van der Waals surface area contributed by atoms with E-state index in [-0.39, 0.29) is 5.92 Å². The number of carbonyl (C=O) groups is 1. The largest absolute Gasteiger partial charge is 0.481 e. The van der Waals surface area contributed by atoms with Gasteiger partial charge in [0.25, 0.3) is 0 Å². The number of nitrogens with zero attached hydrogens (tertiary/aromatic N) is 2. The van der Waals surface area contributed by atoms with Crippen LogP contribution >= 0.6 is 0 Å². The third-order valence-electron chi connectivity index (χ3n) is 6.45. The molecule has 1 aromatic rings. The van der Waals surface area contributed by atoms with Crippen molar-refractivity contribution < 1.29 is 9.90 Å². The Hall–Kier alpha value is -1.65. The van der Waals surface area contributed by atoms with Crippen LogP contribution in [0.5, 0.6) is 0 Å². The van der Waals surface area contributed by atoms with Crippen LogP contribution in [0.1, 0.15) is 31.2 Å². The Kier molecular flexibility index (Phi) is 4.65. The van der Waals surface area contributed by atoms with Gasteiger partial charge in [-0.1, -0.05) is 55.3 Å². The molecule has 3 aliphatic rings. The quantitative estimate of drug-likeness (QED) is 0.895. The van der Waals surface area contributed by atoms with Crippen molar-refractivity contribution in [3.8, 4) is 0 Å². The molecule has 4 rings (SSSR count). The SMILES string of the molecule is O=C(O)[C@@]12CN(C/C=C/c3ccccc3)C[C@@H]1CN(C1CCCC1)C2. The number of benzene rings is 1. The summed E-state index contributed by atoms with van der Waals surface area (Å²) in [6, 6.07) is 10.9. The molecule has 134 valence electrons. The van der Waals surface area contributed by atoms with Gasteiger partial charge in [0.1, 0.15) is 0 Å². The number of fused-ring (bicyclic) bond motifs is 1. The molecule has 0 amide bonds. The highest BCUT2D eigenvalue weighted by Crippen LogP contribution is 2.44. The second kappa shape index (κ2) is 6.93. The molecule has 25 heavy (non-hydrogen) atoms. The minimum absolute atomic E-state index is 0.274. The van der Waals surface area contributed by atoms with Crippen molar-refractivity contribution in [3.63, 3.8) is 0 Å². The van der Waals surface area contributed by atoms with Gasteiger partial charge in [0.05, 0.1) is 5.41 Å². The van der Waals surface area contributed by atoms with Crippen molar-refractivity contribution >= 4 is 12.0 Å². The van der Waals surface area contributed by atoms with E-state index in [1.165, 1.54) is 31.2 Å². The average Bonchev–Trinajstić information content (AvgIpc) is 3.30. The van der Waals surface area contributed by atoms with E-state index in [2.05, 4.69) is 34.1 Å². The average molecular weight is 340 g/mol. The van der Waals surface area contributed by atoms with Crippen molar-refractivity contribution in [2.45, 2.75) is 31.7 Å². The van der Waals surface area contributed by atoms with Crippen LogP contribution in [0, 0.1) is 11.3 Å². The topological polar surface area (TPSA) is 43.8 Å². The molecule has 4 heteroatoms. The van der Waals surface area contributed by atoms with E-state index in [0.29, 0.717) is 12.6 Å². The fourth-order valence-electron chi connectivity index (χ4n) is 5.10. The zero-order valence-electron chi connectivity index (χ0n) is 14.8. The molecule has 1 aliphatic carbocycles. The van der Waals surface area contributed by atoms with E-state index in [0.717, 1.165) is 26.2 Å². The van der Waals surface area contributed by atoms with Gasteiger partial charge in [-0.25, -0.2) is 0 Å². The molecule has 0 aromatic heterocycles. The van der Waals surface area contributed by atoms with Crippen LogP contribution < -0.4 is 0 Å². The van der Waals surface area contributed by atoms with E-state index in [1.54, 1.807) is 0 Å². The summed E-state index contributed by atoms with van der Waals surface area (Å²) in [5.74, 6) is -0.316. The van der Waals surface area contributed by atoms with Gasteiger partial charge in [-0.05, 0) is 18.4 Å². The first kappa shape index (κ1) is 16.8. The fourth-order valence-corrected chi connectivity index (χ4v) is 5.10. The lowest BCUT2D eigenvalue weighted by atomic mass is 9.81. The summed E-state index contributed by atoms with van der Waals surface area (Å²) in [5, 5.41) is 9.98. The molecule has 2 aliphatic heterocycles. The maximum absolute atomic E-state index is 12.1. The highest BCUT2D eigenvalue weighted by atomic mass is 16.4. The number of aliphatic carboxylic acids is 1. The zero-order valence-corrected chi connectivity index (χ0v) is 14.8. The predicted molar refractivity (Wildman–Crippen MR) is 99.3 cm³/mol. The molecule has 1 aromatic carbocycles. The summed E-state index contributed by atoms with van der Waals surface area (Å²) in [6.07, 6.45) is 9.43. The summed E-state index contributed by atoms with van der Waals surface area (Å²) in [4.78, 5) is 16.9. The predicted octanol–water partition coefficient (Wildman–Crippen LogP) is 2.96. The number of hydrogen-bond donors (Lipinski definition) is 1. The van der Waals surface area contributed by atoms with Crippen LogP contribution in [0.25, 0.3) is 6.08 Å². The standard InChI is InChI=1S/C21H28N2O2/c24-20(25)21-15-22(12-6-9-17-7-2-1-3-8-17)13-18(21)14-23(16-21)19-10-4-5-11-19/h1-3,6-9,18-19H,4-5,10-16H2,(H,24,25)/b9-6+/t18-,21-/m1/s1. The Morgan fingerprint density at radius 1 is 1.16 bits per heavy atom. The molecule has 1 N–H and O–H groups in total. The van der Waals surface area contributed by atoms with Gasteiger partial charge in [0.2, 0.25) is 0 Å². The maximum Gasteiger partial charge on any atom is 0.312 e. The Morgan fingerprint density at radius 3 is 2.60 bits per heavy atom. The second-order valence-electron chi connectivity index (χ2n) is 8.03. The molecule has 2 heterocycles. The lowest BCUT2D eigenvalue weighted by Gasteiger charge is -2.28. The lowest BCUT2D eigenvalue weighted by Crippen LogP contribution is -2.42. The van der Waals surface area contributed by atoms with E-state index < -0.39 is 11.4 Å². The van der Waals surface area contributed by atoms with Gasteiger partial charge in [0, 0.05) is 44.7 Å².